The highest BCUT2D eigenvalue weighted by Crippen LogP contribution is 2.31. The molecular weight excluding hydrogens is 387 g/mol. The average molecular weight is 401 g/mol. The van der Waals surface area contributed by atoms with Gasteiger partial charge in [-0.3, -0.25) is 3.53 Å². The van der Waals surface area contributed by atoms with E-state index in [1.807, 2.05) is 0 Å². The topological polar surface area (TPSA) is 12.0 Å². The van der Waals surface area contributed by atoms with Gasteiger partial charge < -0.3 is 0 Å². The minimum absolute atomic E-state index is 0.0339. The molecule has 0 bridgehead atoms. The molecule has 0 aromatic heterocycles. The van der Waals surface area contributed by atoms with Crippen molar-refractivity contribution in [2.24, 2.45) is 5.92 Å². The molecule has 0 fully saturated rings. The molecule has 0 heterocycles. The van der Waals surface area contributed by atoms with Crippen molar-refractivity contribution >= 4 is 22.9 Å². The summed E-state index contributed by atoms with van der Waals surface area (Å²) in [5, 5.41) is 0. The van der Waals surface area contributed by atoms with Crippen molar-refractivity contribution in [3.63, 3.8) is 0 Å². The van der Waals surface area contributed by atoms with Crippen molar-refractivity contribution in [2.45, 2.75) is 32.6 Å². The van der Waals surface area contributed by atoms with Gasteiger partial charge in [0.05, 0.1) is 5.92 Å². The normalized spacial score (nSPS) is 16.7. The van der Waals surface area contributed by atoms with E-state index >= 15 is 0 Å². The molecule has 0 amide bonds. The molecule has 19 heavy (non-hydrogen) atoms. The first-order valence-corrected chi connectivity index (χ1v) is 6.48. The molecule has 1 nitrogen and oxygen atoms in total. The Hall–Kier alpha value is -0.250. The second-order valence-electron chi connectivity index (χ2n) is 3.90. The molecule has 1 N–H and O–H groups in total. The van der Waals surface area contributed by atoms with Gasteiger partial charge in [0.2, 0.25) is 0 Å². The number of alkyl halides is 6. The van der Waals surface area contributed by atoms with Crippen LogP contribution in [0.4, 0.5) is 26.3 Å². The largest absolute Gasteiger partial charge is 0.412 e. The zero-order valence-corrected chi connectivity index (χ0v) is 12.4. The molecule has 0 aliphatic rings. The van der Waals surface area contributed by atoms with Gasteiger partial charge in [-0.25, -0.2) is 0 Å². The smallest absolute Gasteiger partial charge is 0.257 e. The predicted octanol–water partition coefficient (Wildman–Crippen LogP) is 4.95. The molecule has 0 aliphatic carbocycles. The molecule has 112 valence electrons. The number of allylic oxidation sites excluding steroid dienone is 2. The Morgan fingerprint density at radius 2 is 1.74 bits per heavy atom. The Bertz CT molecular complexity index is 342. The Kier molecular flexibility index (Phi) is 7.41. The summed E-state index contributed by atoms with van der Waals surface area (Å²) < 4.78 is 77.4. The highest BCUT2D eigenvalue weighted by atomic mass is 127. The van der Waals surface area contributed by atoms with Crippen LogP contribution in [-0.4, -0.2) is 18.9 Å². The van der Waals surface area contributed by atoms with E-state index in [1.54, 1.807) is 22.9 Å². The van der Waals surface area contributed by atoms with Crippen LogP contribution in [0.15, 0.2) is 23.3 Å². The van der Waals surface area contributed by atoms with E-state index in [2.05, 4.69) is 3.53 Å². The Balaban J connectivity index is 5.33. The molecule has 0 spiro atoms. The summed E-state index contributed by atoms with van der Waals surface area (Å²) in [6.07, 6.45) is -7.71. The lowest BCUT2D eigenvalue weighted by Crippen LogP contribution is -2.19. The standard InChI is InChI=1S/C11H14F6IN/c1-3-9(11(15,16)17)5-8(6-19-18)4-7(2)10(12,13)14/h4-5,7,19H,3,6H2,1-2H3/b8-4+,9-5+. The van der Waals surface area contributed by atoms with Crippen LogP contribution < -0.4 is 3.53 Å². The van der Waals surface area contributed by atoms with Gasteiger partial charge in [0.25, 0.3) is 0 Å². The van der Waals surface area contributed by atoms with E-state index in [9.17, 15) is 26.3 Å². The van der Waals surface area contributed by atoms with Gasteiger partial charge in [-0.1, -0.05) is 19.9 Å². The number of hydrogen-bond donors (Lipinski definition) is 1. The first kappa shape index (κ1) is 18.8. The monoisotopic (exact) mass is 401 g/mol. The lowest BCUT2D eigenvalue weighted by Gasteiger charge is -2.15. The fourth-order valence-electron chi connectivity index (χ4n) is 1.26. The third-order valence-corrected chi connectivity index (χ3v) is 2.74. The average Bonchev–Trinajstić information content (AvgIpc) is 2.22. The first-order chi connectivity index (χ1) is 8.52. The highest BCUT2D eigenvalue weighted by Gasteiger charge is 2.35. The first-order valence-electron chi connectivity index (χ1n) is 5.41. The molecule has 0 radical (unpaired) electrons. The van der Waals surface area contributed by atoms with Crippen molar-refractivity contribution in [2.75, 3.05) is 6.54 Å². The molecular formula is C11H14F6IN. The number of rotatable bonds is 5. The molecule has 0 rings (SSSR count). The van der Waals surface area contributed by atoms with Crippen molar-refractivity contribution < 1.29 is 26.3 Å². The third kappa shape index (κ3) is 7.19. The third-order valence-electron chi connectivity index (χ3n) is 2.36. The van der Waals surface area contributed by atoms with Crippen molar-refractivity contribution in [1.29, 1.82) is 0 Å². The Labute approximate surface area is 121 Å². The minimum Gasteiger partial charge on any atom is -0.257 e. The molecule has 0 saturated carbocycles. The summed E-state index contributed by atoms with van der Waals surface area (Å²) in [6, 6.07) is 0. The Morgan fingerprint density at radius 3 is 2.05 bits per heavy atom. The van der Waals surface area contributed by atoms with Gasteiger partial charge in [-0.05, 0) is 18.1 Å². The van der Waals surface area contributed by atoms with E-state index in [4.69, 9.17) is 0 Å². The Morgan fingerprint density at radius 1 is 1.21 bits per heavy atom. The van der Waals surface area contributed by atoms with Crippen LogP contribution in [0.2, 0.25) is 0 Å². The minimum atomic E-state index is -4.53. The van der Waals surface area contributed by atoms with Gasteiger partial charge in [0.1, 0.15) is 0 Å². The maximum absolute atomic E-state index is 12.6. The second-order valence-corrected chi connectivity index (χ2v) is 4.67. The van der Waals surface area contributed by atoms with Gasteiger partial charge in [-0.15, -0.1) is 0 Å². The molecule has 0 aliphatic heterocycles. The van der Waals surface area contributed by atoms with Crippen LogP contribution in [0.5, 0.6) is 0 Å². The van der Waals surface area contributed by atoms with Gasteiger partial charge in [0, 0.05) is 35.0 Å². The van der Waals surface area contributed by atoms with Crippen LogP contribution in [-0.2, 0) is 0 Å². The number of nitrogens with one attached hydrogen (secondary N) is 1. The fraction of sp³-hybridized carbons (Fsp3) is 0.636. The van der Waals surface area contributed by atoms with Crippen LogP contribution in [0.1, 0.15) is 20.3 Å². The number of halogens is 7. The van der Waals surface area contributed by atoms with E-state index in [0.717, 1.165) is 19.1 Å². The lowest BCUT2D eigenvalue weighted by atomic mass is 10.0. The fourth-order valence-corrected chi connectivity index (χ4v) is 1.70. The van der Waals surface area contributed by atoms with Crippen molar-refractivity contribution in [3.8, 4) is 0 Å². The van der Waals surface area contributed by atoms with Gasteiger partial charge in [0.15, 0.2) is 0 Å². The van der Waals surface area contributed by atoms with Crippen LogP contribution in [0.25, 0.3) is 0 Å². The van der Waals surface area contributed by atoms with Gasteiger partial charge in [-0.2, -0.15) is 26.3 Å². The summed E-state index contributed by atoms with van der Waals surface area (Å²) in [6.45, 7) is 2.14. The quantitative estimate of drug-likeness (QED) is 0.298. The molecule has 0 saturated heterocycles. The van der Waals surface area contributed by atoms with E-state index in [0.29, 0.717) is 0 Å². The molecule has 1 atom stereocenters. The van der Waals surface area contributed by atoms with Crippen molar-refractivity contribution in [1.82, 2.24) is 3.53 Å². The second kappa shape index (κ2) is 7.51. The molecule has 8 heteroatoms. The SMILES string of the molecule is CC/C(=C\C(=C/C(C)C(F)(F)F)CNI)C(F)(F)F. The lowest BCUT2D eigenvalue weighted by molar-refractivity contribution is -0.156. The van der Waals surface area contributed by atoms with Crippen molar-refractivity contribution in [3.05, 3.63) is 23.3 Å². The maximum atomic E-state index is 12.6. The highest BCUT2D eigenvalue weighted by molar-refractivity contribution is 14.1. The summed E-state index contributed by atoms with van der Waals surface area (Å²) in [7, 11) is 0. The molecule has 0 aromatic carbocycles. The van der Waals surface area contributed by atoms with E-state index in [-0.39, 0.29) is 18.5 Å². The summed E-state index contributed by atoms with van der Waals surface area (Å²) >= 11 is 1.67. The predicted molar refractivity (Wildman–Crippen MR) is 69.8 cm³/mol. The molecule has 0 aromatic rings. The van der Waals surface area contributed by atoms with Crippen LogP contribution in [0.3, 0.4) is 0 Å². The zero-order valence-electron chi connectivity index (χ0n) is 10.3. The number of hydrogen-bond acceptors (Lipinski definition) is 1. The summed E-state index contributed by atoms with van der Waals surface area (Å²) in [5.41, 5.74) is -0.881. The van der Waals surface area contributed by atoms with Crippen LogP contribution >= 0.6 is 22.9 Å². The zero-order chi connectivity index (χ0) is 15.3. The summed E-state index contributed by atoms with van der Waals surface area (Å²) in [4.78, 5) is 0. The summed E-state index contributed by atoms with van der Waals surface area (Å²) in [5.74, 6) is -1.80. The van der Waals surface area contributed by atoms with Crippen LogP contribution in [0, 0.1) is 5.92 Å². The van der Waals surface area contributed by atoms with E-state index in [1.165, 1.54) is 6.92 Å². The van der Waals surface area contributed by atoms with Gasteiger partial charge >= 0.3 is 12.4 Å². The van der Waals surface area contributed by atoms with E-state index < -0.39 is 23.8 Å². The maximum Gasteiger partial charge on any atom is 0.412 e. The molecule has 1 unspecified atom stereocenters.